The highest BCUT2D eigenvalue weighted by Crippen LogP contribution is 2.29. The Kier molecular flexibility index (Phi) is 2.22. The van der Waals surface area contributed by atoms with Crippen LogP contribution in [0.25, 0.3) is 11.5 Å². The van der Waals surface area contributed by atoms with Gasteiger partial charge in [0.2, 0.25) is 5.95 Å². The maximum Gasteiger partial charge on any atom is 0.470 e. The molecule has 0 atom stereocenters. The fraction of sp³-hybridized carbons (Fsp3) is 0.143. The van der Waals surface area contributed by atoms with Gasteiger partial charge in [-0.1, -0.05) is 0 Å². The second-order valence-corrected chi connectivity index (χ2v) is 2.74. The molecule has 0 unspecified atom stereocenters. The molecule has 16 heavy (non-hydrogen) atoms. The molecule has 0 bridgehead atoms. The van der Waals surface area contributed by atoms with E-state index in [1.54, 1.807) is 0 Å². The minimum atomic E-state index is -4.67. The molecule has 2 heterocycles. The standard InChI is InChI=1S/C7H4F3N5O/c8-7(9,10)5-15-14-4(16-5)3-1-12-6(11)13-2-3/h1-2H,(H2,11,12,13). The molecule has 84 valence electrons. The van der Waals surface area contributed by atoms with Gasteiger partial charge in [0.1, 0.15) is 0 Å². The summed E-state index contributed by atoms with van der Waals surface area (Å²) >= 11 is 0. The summed E-state index contributed by atoms with van der Waals surface area (Å²) in [5.74, 6) is -1.73. The van der Waals surface area contributed by atoms with E-state index in [-0.39, 0.29) is 17.4 Å². The van der Waals surface area contributed by atoms with Crippen molar-refractivity contribution in [2.45, 2.75) is 6.18 Å². The first kappa shape index (κ1) is 10.3. The van der Waals surface area contributed by atoms with Crippen LogP contribution in [0.5, 0.6) is 0 Å². The van der Waals surface area contributed by atoms with Crippen molar-refractivity contribution in [1.82, 2.24) is 20.2 Å². The van der Waals surface area contributed by atoms with Crippen LogP contribution in [0.1, 0.15) is 5.89 Å². The van der Waals surface area contributed by atoms with Gasteiger partial charge in [0.15, 0.2) is 0 Å². The summed E-state index contributed by atoms with van der Waals surface area (Å²) in [6.07, 6.45) is -2.29. The fourth-order valence-corrected chi connectivity index (χ4v) is 0.903. The third kappa shape index (κ3) is 1.92. The van der Waals surface area contributed by atoms with Crippen molar-refractivity contribution in [1.29, 1.82) is 0 Å². The number of nitrogen functional groups attached to an aromatic ring is 1. The second kappa shape index (κ2) is 3.43. The third-order valence-corrected chi connectivity index (χ3v) is 1.59. The molecule has 2 aromatic rings. The van der Waals surface area contributed by atoms with Crippen molar-refractivity contribution < 1.29 is 17.6 Å². The number of hydrogen-bond acceptors (Lipinski definition) is 6. The van der Waals surface area contributed by atoms with E-state index >= 15 is 0 Å². The maximum absolute atomic E-state index is 12.1. The Balaban J connectivity index is 2.35. The van der Waals surface area contributed by atoms with E-state index < -0.39 is 12.1 Å². The Morgan fingerprint density at radius 3 is 2.25 bits per heavy atom. The maximum atomic E-state index is 12.1. The van der Waals surface area contributed by atoms with Gasteiger partial charge < -0.3 is 10.2 Å². The molecule has 0 fully saturated rings. The van der Waals surface area contributed by atoms with Crippen molar-refractivity contribution in [3.63, 3.8) is 0 Å². The molecule has 0 saturated heterocycles. The van der Waals surface area contributed by atoms with Crippen LogP contribution in [0.3, 0.4) is 0 Å². The average Bonchev–Trinajstić information content (AvgIpc) is 2.67. The number of hydrogen-bond donors (Lipinski definition) is 1. The normalized spacial score (nSPS) is 11.7. The summed E-state index contributed by atoms with van der Waals surface area (Å²) in [4.78, 5) is 7.17. The molecule has 2 aromatic heterocycles. The zero-order valence-corrected chi connectivity index (χ0v) is 7.56. The van der Waals surface area contributed by atoms with Gasteiger partial charge in [-0.3, -0.25) is 0 Å². The Morgan fingerprint density at radius 1 is 1.12 bits per heavy atom. The number of alkyl halides is 3. The van der Waals surface area contributed by atoms with E-state index in [0.29, 0.717) is 0 Å². The SMILES string of the molecule is Nc1ncc(-c2nnc(C(F)(F)F)o2)cn1. The lowest BCUT2D eigenvalue weighted by atomic mass is 10.3. The lowest BCUT2D eigenvalue weighted by molar-refractivity contribution is -0.156. The zero-order valence-electron chi connectivity index (χ0n) is 7.56. The summed E-state index contributed by atoms with van der Waals surface area (Å²) < 4.78 is 40.8. The molecule has 0 amide bonds. The molecule has 0 aliphatic carbocycles. The van der Waals surface area contributed by atoms with Gasteiger partial charge in [0.25, 0.3) is 5.89 Å². The van der Waals surface area contributed by atoms with Crippen LogP contribution in [-0.2, 0) is 6.18 Å². The van der Waals surface area contributed by atoms with Gasteiger partial charge in [-0.25, -0.2) is 9.97 Å². The van der Waals surface area contributed by atoms with E-state index in [1.165, 1.54) is 12.4 Å². The Hall–Kier alpha value is -2.19. The van der Waals surface area contributed by atoms with Crippen molar-refractivity contribution in [2.75, 3.05) is 5.73 Å². The summed E-state index contributed by atoms with van der Waals surface area (Å²) in [7, 11) is 0. The molecule has 0 radical (unpaired) electrons. The topological polar surface area (TPSA) is 90.7 Å². The van der Waals surface area contributed by atoms with Gasteiger partial charge in [-0.15, -0.1) is 10.2 Å². The van der Waals surface area contributed by atoms with Crippen molar-refractivity contribution in [2.24, 2.45) is 0 Å². The highest BCUT2D eigenvalue weighted by Gasteiger charge is 2.38. The minimum absolute atomic E-state index is 0.000639. The smallest absolute Gasteiger partial charge is 0.413 e. The number of rotatable bonds is 1. The monoisotopic (exact) mass is 231 g/mol. The van der Waals surface area contributed by atoms with Crippen LogP contribution in [-0.4, -0.2) is 20.2 Å². The Labute approximate surface area is 86.3 Å². The lowest BCUT2D eigenvalue weighted by Crippen LogP contribution is -2.04. The van der Waals surface area contributed by atoms with Crippen LogP contribution in [0.15, 0.2) is 16.8 Å². The number of nitrogens with two attached hydrogens (primary N) is 1. The first-order valence-corrected chi connectivity index (χ1v) is 3.95. The van der Waals surface area contributed by atoms with Crippen LogP contribution in [0, 0.1) is 0 Å². The van der Waals surface area contributed by atoms with E-state index in [9.17, 15) is 13.2 Å². The summed E-state index contributed by atoms with van der Waals surface area (Å²) in [6.45, 7) is 0. The highest BCUT2D eigenvalue weighted by atomic mass is 19.4. The van der Waals surface area contributed by atoms with E-state index in [4.69, 9.17) is 5.73 Å². The predicted octanol–water partition coefficient (Wildman–Crippen LogP) is 1.13. The van der Waals surface area contributed by atoms with E-state index in [1.807, 2.05) is 0 Å². The largest absolute Gasteiger partial charge is 0.470 e. The number of halogens is 3. The molecule has 2 N–H and O–H groups in total. The van der Waals surface area contributed by atoms with E-state index in [2.05, 4.69) is 24.6 Å². The van der Waals surface area contributed by atoms with Crippen LogP contribution in [0.2, 0.25) is 0 Å². The Bertz CT molecular complexity index is 491. The van der Waals surface area contributed by atoms with Crippen LogP contribution >= 0.6 is 0 Å². The first-order chi connectivity index (χ1) is 7.47. The van der Waals surface area contributed by atoms with Gasteiger partial charge in [-0.2, -0.15) is 13.2 Å². The van der Waals surface area contributed by atoms with Crippen LogP contribution < -0.4 is 5.73 Å². The van der Waals surface area contributed by atoms with Crippen LogP contribution in [0.4, 0.5) is 19.1 Å². The van der Waals surface area contributed by atoms with Crippen molar-refractivity contribution in [3.8, 4) is 11.5 Å². The second-order valence-electron chi connectivity index (χ2n) is 2.74. The molecule has 0 saturated carbocycles. The third-order valence-electron chi connectivity index (χ3n) is 1.59. The van der Waals surface area contributed by atoms with E-state index in [0.717, 1.165) is 0 Å². The molecule has 2 rings (SSSR count). The first-order valence-electron chi connectivity index (χ1n) is 3.95. The van der Waals surface area contributed by atoms with Crippen molar-refractivity contribution in [3.05, 3.63) is 18.3 Å². The van der Waals surface area contributed by atoms with Gasteiger partial charge in [0.05, 0.1) is 5.56 Å². The average molecular weight is 231 g/mol. The number of nitrogens with zero attached hydrogens (tertiary/aromatic N) is 4. The van der Waals surface area contributed by atoms with Gasteiger partial charge in [0, 0.05) is 12.4 Å². The number of anilines is 1. The minimum Gasteiger partial charge on any atom is -0.413 e. The zero-order chi connectivity index (χ0) is 11.8. The number of aromatic nitrogens is 4. The summed E-state index contributed by atoms with van der Waals surface area (Å²) in [6, 6.07) is 0. The lowest BCUT2D eigenvalue weighted by Gasteiger charge is -1.97. The van der Waals surface area contributed by atoms with Crippen molar-refractivity contribution >= 4 is 5.95 Å². The molecule has 6 nitrogen and oxygen atoms in total. The van der Waals surface area contributed by atoms with Gasteiger partial charge >= 0.3 is 12.1 Å². The quantitative estimate of drug-likeness (QED) is 0.790. The molecule has 0 aliphatic rings. The molecular formula is C7H4F3N5O. The molecule has 0 aromatic carbocycles. The van der Waals surface area contributed by atoms with Gasteiger partial charge in [-0.05, 0) is 0 Å². The summed E-state index contributed by atoms with van der Waals surface area (Å²) in [5, 5.41) is 6.08. The summed E-state index contributed by atoms with van der Waals surface area (Å²) in [5.41, 5.74) is 5.37. The Morgan fingerprint density at radius 2 is 1.75 bits per heavy atom. The molecule has 0 spiro atoms. The molecule has 0 aliphatic heterocycles. The predicted molar refractivity (Wildman–Crippen MR) is 44.7 cm³/mol. The highest BCUT2D eigenvalue weighted by molar-refractivity contribution is 5.49. The fourth-order valence-electron chi connectivity index (χ4n) is 0.903. The molecular weight excluding hydrogens is 227 g/mol. The molecule has 9 heteroatoms.